The normalized spacial score (nSPS) is 18.2. The summed E-state index contributed by atoms with van der Waals surface area (Å²) in [6.45, 7) is 2.39. The van der Waals surface area contributed by atoms with E-state index < -0.39 is 10.8 Å². The van der Waals surface area contributed by atoms with Crippen LogP contribution in [0.25, 0.3) is 6.08 Å². The van der Waals surface area contributed by atoms with E-state index in [1.165, 1.54) is 17.0 Å². The zero-order chi connectivity index (χ0) is 22.0. The first-order valence-electron chi connectivity index (χ1n) is 9.53. The molecule has 0 bridgehead atoms. The molecule has 10 heteroatoms. The van der Waals surface area contributed by atoms with Crippen molar-refractivity contribution in [2.24, 2.45) is 0 Å². The Labute approximate surface area is 196 Å². The molecule has 2 heterocycles. The molecule has 2 aliphatic heterocycles. The van der Waals surface area contributed by atoms with Crippen molar-refractivity contribution in [3.05, 3.63) is 72.2 Å². The fourth-order valence-electron chi connectivity index (χ4n) is 3.41. The molecule has 160 valence electrons. The maximum atomic E-state index is 12.8. The molecule has 0 atom stereocenters. The van der Waals surface area contributed by atoms with Crippen LogP contribution < -0.4 is 4.90 Å². The van der Waals surface area contributed by atoms with E-state index in [-0.39, 0.29) is 22.4 Å². The maximum absolute atomic E-state index is 12.8. The predicted molar refractivity (Wildman–Crippen MR) is 127 cm³/mol. The number of halogens is 1. The number of hydrogen-bond donors (Lipinski definition) is 0. The number of benzene rings is 2. The first kappa shape index (κ1) is 21.8. The van der Waals surface area contributed by atoms with Gasteiger partial charge in [-0.15, -0.1) is 0 Å². The van der Waals surface area contributed by atoms with Gasteiger partial charge in [-0.05, 0) is 69.8 Å². The molecule has 0 spiro atoms. The number of carbonyl (C=O) groups excluding carboxylic acids is 2. The van der Waals surface area contributed by atoms with Gasteiger partial charge in [-0.3, -0.25) is 24.6 Å². The van der Waals surface area contributed by atoms with E-state index >= 15 is 0 Å². The van der Waals surface area contributed by atoms with Gasteiger partial charge in [-0.1, -0.05) is 18.2 Å². The molecular formula is C21H18IN3O5S. The molecule has 4 rings (SSSR count). The molecule has 0 aromatic heterocycles. The minimum atomic E-state index is -0.426. The number of amides is 2. The number of nitro groups is 1. The highest BCUT2D eigenvalue weighted by Crippen LogP contribution is 2.35. The second kappa shape index (κ2) is 9.37. The van der Waals surface area contributed by atoms with Crippen LogP contribution in [0.2, 0.25) is 0 Å². The molecule has 2 aliphatic rings. The molecule has 0 saturated carbocycles. The standard InChI is InChI=1S/C21H18IN3O5S/c22-16-4-1-14(2-5-16)13-24-20(26)19(31-21(24)27)12-15-3-6-17(18(11-15)25(28)29)23-7-9-30-10-8-23/h1-6,11-12H,7-10,13H2/b19-12-. The number of morpholine rings is 1. The highest BCUT2D eigenvalue weighted by molar-refractivity contribution is 14.1. The Bertz CT molecular complexity index is 1070. The van der Waals surface area contributed by atoms with E-state index in [1.54, 1.807) is 12.1 Å². The van der Waals surface area contributed by atoms with Crippen LogP contribution in [0.4, 0.5) is 16.2 Å². The summed E-state index contributed by atoms with van der Waals surface area (Å²) in [7, 11) is 0. The molecule has 0 unspecified atom stereocenters. The van der Waals surface area contributed by atoms with Crippen LogP contribution in [0.5, 0.6) is 0 Å². The van der Waals surface area contributed by atoms with Gasteiger partial charge in [0, 0.05) is 22.7 Å². The summed E-state index contributed by atoms with van der Waals surface area (Å²) in [4.78, 5) is 39.8. The lowest BCUT2D eigenvalue weighted by atomic mass is 10.1. The Morgan fingerprint density at radius 2 is 1.84 bits per heavy atom. The van der Waals surface area contributed by atoms with E-state index in [2.05, 4.69) is 22.6 Å². The van der Waals surface area contributed by atoms with Gasteiger partial charge < -0.3 is 9.64 Å². The van der Waals surface area contributed by atoms with Crippen LogP contribution in [-0.2, 0) is 16.1 Å². The minimum Gasteiger partial charge on any atom is -0.378 e. The number of imide groups is 1. The van der Waals surface area contributed by atoms with Gasteiger partial charge in [-0.25, -0.2) is 0 Å². The van der Waals surface area contributed by atoms with Crippen molar-refractivity contribution in [2.75, 3.05) is 31.2 Å². The fourth-order valence-corrected chi connectivity index (χ4v) is 4.61. The Morgan fingerprint density at radius 3 is 2.52 bits per heavy atom. The number of thioether (sulfide) groups is 1. The molecule has 0 radical (unpaired) electrons. The molecule has 2 aromatic rings. The Morgan fingerprint density at radius 1 is 1.13 bits per heavy atom. The molecule has 2 saturated heterocycles. The Hall–Kier alpha value is -2.44. The molecule has 8 nitrogen and oxygen atoms in total. The smallest absolute Gasteiger partial charge is 0.293 e. The molecule has 0 aliphatic carbocycles. The molecule has 0 N–H and O–H groups in total. The first-order chi connectivity index (χ1) is 14.9. The third-order valence-corrected chi connectivity index (χ3v) is 6.60. The van der Waals surface area contributed by atoms with E-state index in [4.69, 9.17) is 4.74 Å². The van der Waals surface area contributed by atoms with Gasteiger partial charge in [0.1, 0.15) is 5.69 Å². The number of rotatable bonds is 5. The van der Waals surface area contributed by atoms with Crippen LogP contribution in [-0.4, -0.2) is 47.3 Å². The van der Waals surface area contributed by atoms with Crippen molar-refractivity contribution in [3.8, 4) is 0 Å². The lowest BCUT2D eigenvalue weighted by molar-refractivity contribution is -0.384. The van der Waals surface area contributed by atoms with Crippen LogP contribution in [0.15, 0.2) is 47.4 Å². The quantitative estimate of drug-likeness (QED) is 0.237. The van der Waals surface area contributed by atoms with E-state index in [0.29, 0.717) is 37.6 Å². The van der Waals surface area contributed by atoms with Crippen molar-refractivity contribution >= 4 is 62.9 Å². The monoisotopic (exact) mass is 551 g/mol. The average molecular weight is 551 g/mol. The lowest BCUT2D eigenvalue weighted by Gasteiger charge is -2.28. The van der Waals surface area contributed by atoms with Gasteiger partial charge >= 0.3 is 0 Å². The summed E-state index contributed by atoms with van der Waals surface area (Å²) in [5.41, 5.74) is 1.85. The molecule has 2 fully saturated rings. The molecular weight excluding hydrogens is 533 g/mol. The summed E-state index contributed by atoms with van der Waals surface area (Å²) in [6.07, 6.45) is 1.54. The van der Waals surface area contributed by atoms with Crippen LogP contribution in [0.1, 0.15) is 11.1 Å². The first-order valence-corrected chi connectivity index (χ1v) is 11.4. The zero-order valence-corrected chi connectivity index (χ0v) is 19.3. The summed E-state index contributed by atoms with van der Waals surface area (Å²) in [5.74, 6) is -0.395. The number of anilines is 1. The van der Waals surface area contributed by atoms with E-state index in [1.807, 2.05) is 29.2 Å². The number of carbonyl (C=O) groups is 2. The van der Waals surface area contributed by atoms with Gasteiger partial charge in [-0.2, -0.15) is 0 Å². The van der Waals surface area contributed by atoms with Gasteiger partial charge in [0.2, 0.25) is 0 Å². The number of ether oxygens (including phenoxy) is 1. The number of nitrogens with zero attached hydrogens (tertiary/aromatic N) is 3. The average Bonchev–Trinajstić information content (AvgIpc) is 3.03. The van der Waals surface area contributed by atoms with Crippen LogP contribution in [0, 0.1) is 13.7 Å². The van der Waals surface area contributed by atoms with Crippen molar-refractivity contribution in [3.63, 3.8) is 0 Å². The number of nitro benzene ring substituents is 1. The van der Waals surface area contributed by atoms with Crippen molar-refractivity contribution < 1.29 is 19.2 Å². The summed E-state index contributed by atoms with van der Waals surface area (Å²) in [6, 6.07) is 12.4. The van der Waals surface area contributed by atoms with Crippen LogP contribution >= 0.6 is 34.4 Å². The Kier molecular flexibility index (Phi) is 6.58. The highest BCUT2D eigenvalue weighted by atomic mass is 127. The highest BCUT2D eigenvalue weighted by Gasteiger charge is 2.35. The molecule has 31 heavy (non-hydrogen) atoms. The summed E-state index contributed by atoms with van der Waals surface area (Å²) >= 11 is 3.04. The summed E-state index contributed by atoms with van der Waals surface area (Å²) in [5, 5.41) is 11.3. The van der Waals surface area contributed by atoms with Gasteiger partial charge in [0.15, 0.2) is 0 Å². The topological polar surface area (TPSA) is 93.0 Å². The molecule has 2 amide bonds. The van der Waals surface area contributed by atoms with Crippen LogP contribution in [0.3, 0.4) is 0 Å². The second-order valence-electron chi connectivity index (χ2n) is 7.00. The van der Waals surface area contributed by atoms with Crippen molar-refractivity contribution in [2.45, 2.75) is 6.54 Å². The molecule has 2 aromatic carbocycles. The van der Waals surface area contributed by atoms with Gasteiger partial charge in [0.25, 0.3) is 16.8 Å². The van der Waals surface area contributed by atoms with Crippen molar-refractivity contribution in [1.29, 1.82) is 0 Å². The number of hydrogen-bond acceptors (Lipinski definition) is 7. The SMILES string of the molecule is O=C1S/C(=C\c2ccc(N3CCOCC3)c([N+](=O)[O-])c2)C(=O)N1Cc1ccc(I)cc1. The second-order valence-corrected chi connectivity index (χ2v) is 9.24. The van der Waals surface area contributed by atoms with E-state index in [0.717, 1.165) is 20.9 Å². The fraction of sp³-hybridized carbons (Fsp3) is 0.238. The predicted octanol–water partition coefficient (Wildman–Crippen LogP) is 4.27. The largest absolute Gasteiger partial charge is 0.378 e. The summed E-state index contributed by atoms with van der Waals surface area (Å²) < 4.78 is 6.38. The zero-order valence-electron chi connectivity index (χ0n) is 16.3. The maximum Gasteiger partial charge on any atom is 0.293 e. The lowest BCUT2D eigenvalue weighted by Crippen LogP contribution is -2.36. The van der Waals surface area contributed by atoms with E-state index in [9.17, 15) is 19.7 Å². The Balaban J connectivity index is 1.57. The third kappa shape index (κ3) is 4.91. The third-order valence-electron chi connectivity index (χ3n) is 4.97. The van der Waals surface area contributed by atoms with Gasteiger partial charge in [0.05, 0.1) is 29.6 Å². The minimum absolute atomic E-state index is 0.0335. The van der Waals surface area contributed by atoms with Crippen molar-refractivity contribution in [1.82, 2.24) is 4.90 Å².